The van der Waals surface area contributed by atoms with E-state index in [2.05, 4.69) is 43.4 Å². The topological polar surface area (TPSA) is 210 Å². The van der Waals surface area contributed by atoms with E-state index < -0.39 is 75.7 Å². The highest BCUT2D eigenvalue weighted by Gasteiger charge is 2.51. The maximum Gasteiger partial charge on any atom is 0.472 e. The molecule has 0 aliphatic heterocycles. The number of allylic oxidation sites excluding steroid dienone is 6. The van der Waals surface area contributed by atoms with Gasteiger partial charge in [-0.3, -0.25) is 18.6 Å². The van der Waals surface area contributed by atoms with Crippen LogP contribution >= 0.6 is 7.82 Å². The molecular formula is C32H55O13P. The van der Waals surface area contributed by atoms with Crippen LogP contribution in [-0.4, -0.2) is 98.3 Å². The summed E-state index contributed by atoms with van der Waals surface area (Å²) in [6.45, 7) is 2.93. The van der Waals surface area contributed by atoms with Crippen LogP contribution < -0.4 is 0 Å². The Labute approximate surface area is 272 Å². The van der Waals surface area contributed by atoms with Gasteiger partial charge in [-0.1, -0.05) is 76.0 Å². The van der Waals surface area contributed by atoms with E-state index in [0.29, 0.717) is 12.8 Å². The second-order valence-corrected chi connectivity index (χ2v) is 12.7. The minimum Gasteiger partial charge on any atom is -0.462 e. The lowest BCUT2D eigenvalue weighted by atomic mass is 9.85. The van der Waals surface area contributed by atoms with E-state index in [1.54, 1.807) is 0 Å². The quantitative estimate of drug-likeness (QED) is 0.0374. The van der Waals surface area contributed by atoms with Crippen molar-refractivity contribution in [3.05, 3.63) is 36.5 Å². The molecule has 46 heavy (non-hydrogen) atoms. The van der Waals surface area contributed by atoms with Crippen molar-refractivity contribution in [2.75, 3.05) is 13.2 Å². The smallest absolute Gasteiger partial charge is 0.462 e. The van der Waals surface area contributed by atoms with Gasteiger partial charge in [0, 0.05) is 12.8 Å². The van der Waals surface area contributed by atoms with E-state index in [1.807, 2.05) is 6.92 Å². The first-order valence-electron chi connectivity index (χ1n) is 16.3. The summed E-state index contributed by atoms with van der Waals surface area (Å²) in [5.74, 6) is -1.16. The third-order valence-electron chi connectivity index (χ3n) is 7.25. The number of aliphatic hydroxyl groups excluding tert-OH is 5. The zero-order valence-electron chi connectivity index (χ0n) is 27.1. The summed E-state index contributed by atoms with van der Waals surface area (Å²) in [6.07, 6.45) is 8.96. The van der Waals surface area contributed by atoms with Crippen molar-refractivity contribution >= 4 is 19.8 Å². The van der Waals surface area contributed by atoms with Crippen LogP contribution in [0.3, 0.4) is 0 Å². The Hall–Kier alpha value is -1.93. The molecule has 6 unspecified atom stereocenters. The number of esters is 2. The van der Waals surface area contributed by atoms with Crippen LogP contribution in [0.2, 0.25) is 0 Å². The standard InChI is InChI=1S/C32H55O13P/c1-3-5-7-9-10-11-12-13-14-15-16-17-19-21-26(34)44-24(22-42-25(33)20-18-8-6-4-2)23-43-46(40,41)45-32-30(38)28(36)27(35)29(37)31(32)39/h5,7,10-11,13-14,24,27-32,35-39H,3-4,6,8-9,12,15-23H2,1-2H3,(H,40,41)/b7-5-,11-10-,14-13-. The van der Waals surface area contributed by atoms with Gasteiger partial charge in [-0.2, -0.15) is 0 Å². The molecule has 266 valence electrons. The predicted octanol–water partition coefficient (Wildman–Crippen LogP) is 3.54. The first kappa shape index (κ1) is 42.1. The Morgan fingerprint density at radius 2 is 1.24 bits per heavy atom. The van der Waals surface area contributed by atoms with Crippen LogP contribution in [0.25, 0.3) is 0 Å². The van der Waals surface area contributed by atoms with Gasteiger partial charge in [0.25, 0.3) is 0 Å². The molecule has 0 amide bonds. The zero-order valence-corrected chi connectivity index (χ0v) is 28.0. The normalized spacial score (nSPS) is 25.7. The first-order valence-corrected chi connectivity index (χ1v) is 17.8. The molecule has 1 fully saturated rings. The predicted molar refractivity (Wildman–Crippen MR) is 170 cm³/mol. The Balaban J connectivity index is 2.60. The molecule has 1 aliphatic carbocycles. The summed E-state index contributed by atoms with van der Waals surface area (Å²) in [7, 11) is -5.10. The Bertz CT molecular complexity index is 969. The number of hydrogen-bond acceptors (Lipinski definition) is 12. The Morgan fingerprint density at radius 3 is 1.85 bits per heavy atom. The van der Waals surface area contributed by atoms with E-state index in [4.69, 9.17) is 18.5 Å². The molecule has 0 spiro atoms. The van der Waals surface area contributed by atoms with Gasteiger partial charge in [-0.05, 0) is 44.9 Å². The van der Waals surface area contributed by atoms with E-state index in [9.17, 15) is 44.6 Å². The number of phosphoric acid groups is 1. The lowest BCUT2D eigenvalue weighted by molar-refractivity contribution is -0.220. The molecule has 1 rings (SSSR count). The molecule has 0 aromatic heterocycles. The van der Waals surface area contributed by atoms with Crippen LogP contribution in [0.5, 0.6) is 0 Å². The monoisotopic (exact) mass is 678 g/mol. The van der Waals surface area contributed by atoms with Crippen molar-refractivity contribution < 1.29 is 63.1 Å². The minimum absolute atomic E-state index is 0.0606. The summed E-state index contributed by atoms with van der Waals surface area (Å²) in [6, 6.07) is 0. The molecule has 0 aromatic carbocycles. The molecule has 14 heteroatoms. The number of rotatable bonds is 24. The van der Waals surface area contributed by atoms with Crippen molar-refractivity contribution in [2.45, 2.75) is 140 Å². The minimum atomic E-state index is -5.10. The average Bonchev–Trinajstić information content (AvgIpc) is 3.03. The summed E-state index contributed by atoms with van der Waals surface area (Å²) < 4.78 is 32.9. The summed E-state index contributed by atoms with van der Waals surface area (Å²) in [4.78, 5) is 34.9. The third kappa shape index (κ3) is 17.8. The summed E-state index contributed by atoms with van der Waals surface area (Å²) >= 11 is 0. The van der Waals surface area contributed by atoms with E-state index >= 15 is 0 Å². The molecule has 0 bridgehead atoms. The Kier molecular flexibility index (Phi) is 22.2. The van der Waals surface area contributed by atoms with Crippen molar-refractivity contribution in [1.29, 1.82) is 0 Å². The lowest BCUT2D eigenvalue weighted by Crippen LogP contribution is -2.64. The highest BCUT2D eigenvalue weighted by Crippen LogP contribution is 2.47. The molecule has 1 aliphatic rings. The lowest BCUT2D eigenvalue weighted by Gasteiger charge is -2.41. The number of aliphatic hydroxyl groups is 5. The van der Waals surface area contributed by atoms with Crippen molar-refractivity contribution in [3.8, 4) is 0 Å². The molecule has 0 saturated heterocycles. The maximum atomic E-state index is 12.6. The fourth-order valence-corrected chi connectivity index (χ4v) is 5.51. The van der Waals surface area contributed by atoms with Gasteiger partial charge >= 0.3 is 19.8 Å². The van der Waals surface area contributed by atoms with Gasteiger partial charge in [-0.25, -0.2) is 4.57 Å². The van der Waals surface area contributed by atoms with Gasteiger partial charge < -0.3 is 39.9 Å². The van der Waals surface area contributed by atoms with E-state index in [0.717, 1.165) is 57.8 Å². The molecule has 6 atom stereocenters. The maximum absolute atomic E-state index is 12.6. The Morgan fingerprint density at radius 1 is 0.696 bits per heavy atom. The van der Waals surface area contributed by atoms with Gasteiger partial charge in [-0.15, -0.1) is 0 Å². The van der Waals surface area contributed by atoms with E-state index in [1.165, 1.54) is 0 Å². The second-order valence-electron chi connectivity index (χ2n) is 11.3. The van der Waals surface area contributed by atoms with Crippen molar-refractivity contribution in [1.82, 2.24) is 0 Å². The molecule has 1 saturated carbocycles. The fraction of sp³-hybridized carbons (Fsp3) is 0.750. The average molecular weight is 679 g/mol. The van der Waals surface area contributed by atoms with Gasteiger partial charge in [0.2, 0.25) is 0 Å². The number of carbonyl (C=O) groups is 2. The summed E-state index contributed by atoms with van der Waals surface area (Å²) in [5.41, 5.74) is 0. The summed E-state index contributed by atoms with van der Waals surface area (Å²) in [5, 5.41) is 49.6. The van der Waals surface area contributed by atoms with Gasteiger partial charge in [0.15, 0.2) is 6.10 Å². The van der Waals surface area contributed by atoms with E-state index in [-0.39, 0.29) is 12.8 Å². The van der Waals surface area contributed by atoms with Crippen molar-refractivity contribution in [3.63, 3.8) is 0 Å². The number of hydrogen-bond donors (Lipinski definition) is 6. The van der Waals surface area contributed by atoms with Gasteiger partial charge in [0.1, 0.15) is 43.2 Å². The van der Waals surface area contributed by atoms with Crippen molar-refractivity contribution in [2.24, 2.45) is 0 Å². The van der Waals surface area contributed by atoms with Crippen LogP contribution in [0, 0.1) is 0 Å². The second kappa shape index (κ2) is 24.2. The molecular weight excluding hydrogens is 623 g/mol. The molecule has 0 aromatic rings. The highest BCUT2D eigenvalue weighted by molar-refractivity contribution is 7.47. The van der Waals surface area contributed by atoms with Crippen LogP contribution in [0.1, 0.15) is 97.3 Å². The zero-order chi connectivity index (χ0) is 34.4. The van der Waals surface area contributed by atoms with Gasteiger partial charge in [0.05, 0.1) is 6.61 Å². The fourth-order valence-electron chi connectivity index (χ4n) is 4.53. The molecule has 13 nitrogen and oxygen atoms in total. The third-order valence-corrected chi connectivity index (χ3v) is 8.23. The van der Waals surface area contributed by atoms with Crippen LogP contribution in [0.4, 0.5) is 0 Å². The largest absolute Gasteiger partial charge is 0.472 e. The number of carbonyl (C=O) groups excluding carboxylic acids is 2. The van der Waals surface area contributed by atoms with Crippen LogP contribution in [0.15, 0.2) is 36.5 Å². The highest BCUT2D eigenvalue weighted by atomic mass is 31.2. The molecule has 6 N–H and O–H groups in total. The first-order chi connectivity index (χ1) is 21.9. The number of ether oxygens (including phenoxy) is 2. The number of unbranched alkanes of at least 4 members (excludes halogenated alkanes) is 6. The number of phosphoric ester groups is 1. The molecule has 0 heterocycles. The van der Waals surface area contributed by atoms with Crippen LogP contribution in [-0.2, 0) is 32.7 Å². The SMILES string of the molecule is CC/C=C\C/C=C\C/C=C\CCCCCC(=O)OC(COC(=O)CCCCCC)COP(=O)(O)OC1C(O)C(O)C(O)C(O)C1O. The molecule has 0 radical (unpaired) electrons.